The van der Waals surface area contributed by atoms with Crippen LogP contribution in [0.1, 0.15) is 17.3 Å². The SMILES string of the molecule is CC[S@@](=O)c1ccccc1C(=O)OCC(=O)Nc1cc([N+](=O)[O-])ccc1OC. The lowest BCUT2D eigenvalue weighted by atomic mass is 10.2. The van der Waals surface area contributed by atoms with Gasteiger partial charge in [-0.2, -0.15) is 0 Å². The van der Waals surface area contributed by atoms with E-state index in [1.54, 1.807) is 25.1 Å². The zero-order valence-electron chi connectivity index (χ0n) is 15.2. The van der Waals surface area contributed by atoms with E-state index in [1.807, 2.05) is 0 Å². The molecule has 0 aromatic heterocycles. The lowest BCUT2D eigenvalue weighted by Crippen LogP contribution is -2.22. The Hall–Kier alpha value is -3.27. The van der Waals surface area contributed by atoms with E-state index in [2.05, 4.69) is 5.32 Å². The number of rotatable bonds is 8. The molecule has 0 saturated heterocycles. The van der Waals surface area contributed by atoms with Crippen LogP contribution in [0.3, 0.4) is 0 Å². The monoisotopic (exact) mass is 406 g/mol. The Balaban J connectivity index is 2.07. The average molecular weight is 406 g/mol. The van der Waals surface area contributed by atoms with Crippen LogP contribution in [0.5, 0.6) is 5.75 Å². The first kappa shape index (κ1) is 21.0. The number of benzene rings is 2. The molecule has 0 spiro atoms. The van der Waals surface area contributed by atoms with Crippen LogP contribution in [0, 0.1) is 10.1 Å². The van der Waals surface area contributed by atoms with E-state index in [0.29, 0.717) is 10.6 Å². The third kappa shape index (κ3) is 5.13. The number of ether oxygens (including phenoxy) is 2. The minimum atomic E-state index is -1.36. The largest absolute Gasteiger partial charge is 0.495 e. The summed E-state index contributed by atoms with van der Waals surface area (Å²) in [6.07, 6.45) is 0. The summed E-state index contributed by atoms with van der Waals surface area (Å²) < 4.78 is 22.1. The average Bonchev–Trinajstić information content (AvgIpc) is 2.71. The maximum atomic E-state index is 12.3. The van der Waals surface area contributed by atoms with Crippen molar-refractivity contribution in [2.24, 2.45) is 0 Å². The molecular weight excluding hydrogens is 388 g/mol. The third-order valence-corrected chi connectivity index (χ3v) is 4.99. The van der Waals surface area contributed by atoms with Gasteiger partial charge in [0, 0.05) is 17.9 Å². The number of esters is 1. The maximum absolute atomic E-state index is 12.3. The van der Waals surface area contributed by atoms with Gasteiger partial charge in [0.1, 0.15) is 5.75 Å². The van der Waals surface area contributed by atoms with Crippen molar-refractivity contribution in [3.8, 4) is 5.75 Å². The van der Waals surface area contributed by atoms with Crippen LogP contribution in [0.4, 0.5) is 11.4 Å². The van der Waals surface area contributed by atoms with Gasteiger partial charge in [0.25, 0.3) is 11.6 Å². The van der Waals surface area contributed by atoms with Crippen molar-refractivity contribution in [1.82, 2.24) is 0 Å². The van der Waals surface area contributed by atoms with Gasteiger partial charge in [-0.1, -0.05) is 19.1 Å². The molecule has 0 saturated carbocycles. The van der Waals surface area contributed by atoms with Crippen molar-refractivity contribution in [3.05, 3.63) is 58.1 Å². The number of methoxy groups -OCH3 is 1. The molecule has 2 aromatic rings. The fourth-order valence-corrected chi connectivity index (χ4v) is 3.23. The maximum Gasteiger partial charge on any atom is 0.339 e. The molecule has 1 N–H and O–H groups in total. The summed E-state index contributed by atoms with van der Waals surface area (Å²) in [6.45, 7) is 1.09. The predicted octanol–water partition coefficient (Wildman–Crippen LogP) is 2.53. The summed E-state index contributed by atoms with van der Waals surface area (Å²) in [5, 5.41) is 13.3. The van der Waals surface area contributed by atoms with Gasteiger partial charge in [-0.15, -0.1) is 0 Å². The molecule has 28 heavy (non-hydrogen) atoms. The van der Waals surface area contributed by atoms with Crippen LogP contribution in [-0.4, -0.2) is 40.5 Å². The fraction of sp³-hybridized carbons (Fsp3) is 0.222. The number of carbonyl (C=O) groups is 2. The lowest BCUT2D eigenvalue weighted by Gasteiger charge is -2.11. The standard InChI is InChI=1S/C18H18N2O7S/c1-3-28(25)16-7-5-4-6-13(16)18(22)27-11-17(21)19-14-10-12(20(23)24)8-9-15(14)26-2/h4-10H,3,11H2,1-2H3,(H,19,21)/t28-/m1/s1. The summed E-state index contributed by atoms with van der Waals surface area (Å²) in [7, 11) is -0.0127. The second kappa shape index (κ2) is 9.60. The summed E-state index contributed by atoms with van der Waals surface area (Å²) in [6, 6.07) is 9.99. The molecule has 1 atom stereocenters. The second-order valence-electron chi connectivity index (χ2n) is 5.40. The van der Waals surface area contributed by atoms with E-state index in [-0.39, 0.29) is 22.7 Å². The summed E-state index contributed by atoms with van der Waals surface area (Å²) in [5.74, 6) is -0.953. The van der Waals surface area contributed by atoms with Crippen LogP contribution < -0.4 is 10.1 Å². The van der Waals surface area contributed by atoms with Crippen molar-refractivity contribution in [3.63, 3.8) is 0 Å². The van der Waals surface area contributed by atoms with Gasteiger partial charge in [0.05, 0.1) is 39.0 Å². The molecule has 10 heteroatoms. The highest BCUT2D eigenvalue weighted by Gasteiger charge is 2.18. The Morgan fingerprint density at radius 3 is 2.57 bits per heavy atom. The number of amides is 1. The quantitative estimate of drug-likeness (QED) is 0.406. The van der Waals surface area contributed by atoms with E-state index in [1.165, 1.54) is 25.3 Å². The molecule has 148 valence electrons. The summed E-state index contributed by atoms with van der Waals surface area (Å²) in [5.41, 5.74) is -0.0438. The summed E-state index contributed by atoms with van der Waals surface area (Å²) >= 11 is 0. The number of nitro groups is 1. The van der Waals surface area contributed by atoms with Gasteiger partial charge in [0.2, 0.25) is 0 Å². The molecule has 0 aliphatic heterocycles. The van der Waals surface area contributed by atoms with E-state index < -0.39 is 34.2 Å². The van der Waals surface area contributed by atoms with E-state index in [0.717, 1.165) is 6.07 Å². The highest BCUT2D eigenvalue weighted by Crippen LogP contribution is 2.28. The van der Waals surface area contributed by atoms with Gasteiger partial charge >= 0.3 is 5.97 Å². The molecule has 0 radical (unpaired) electrons. The van der Waals surface area contributed by atoms with Gasteiger partial charge in [-0.25, -0.2) is 4.79 Å². The number of hydrogen-bond acceptors (Lipinski definition) is 7. The zero-order chi connectivity index (χ0) is 20.7. The molecule has 0 heterocycles. The van der Waals surface area contributed by atoms with E-state index in [9.17, 15) is 23.9 Å². The molecule has 2 rings (SSSR count). The Kier molecular flexibility index (Phi) is 7.21. The van der Waals surface area contributed by atoms with Gasteiger partial charge < -0.3 is 14.8 Å². The highest BCUT2D eigenvalue weighted by atomic mass is 32.2. The van der Waals surface area contributed by atoms with E-state index in [4.69, 9.17) is 9.47 Å². The van der Waals surface area contributed by atoms with Gasteiger partial charge in [0.15, 0.2) is 6.61 Å². The predicted molar refractivity (Wildman–Crippen MR) is 102 cm³/mol. The Labute approximate surface area is 163 Å². The van der Waals surface area contributed by atoms with E-state index >= 15 is 0 Å². The molecular formula is C18H18N2O7S. The third-order valence-electron chi connectivity index (χ3n) is 3.62. The van der Waals surface area contributed by atoms with Gasteiger partial charge in [-0.05, 0) is 18.2 Å². The number of hydrogen-bond donors (Lipinski definition) is 1. The first-order chi connectivity index (χ1) is 13.4. The summed E-state index contributed by atoms with van der Waals surface area (Å²) in [4.78, 5) is 35.0. The van der Waals surface area contributed by atoms with Crippen LogP contribution in [0.25, 0.3) is 0 Å². The Morgan fingerprint density at radius 1 is 1.21 bits per heavy atom. The van der Waals surface area contributed by atoms with Crippen molar-refractivity contribution >= 4 is 34.1 Å². The number of non-ortho nitro benzene ring substituents is 1. The second-order valence-corrected chi connectivity index (χ2v) is 7.10. The van der Waals surface area contributed by atoms with Crippen molar-refractivity contribution in [2.45, 2.75) is 11.8 Å². The smallest absolute Gasteiger partial charge is 0.339 e. The van der Waals surface area contributed by atoms with Crippen LogP contribution in [0.15, 0.2) is 47.4 Å². The molecule has 0 unspecified atom stereocenters. The van der Waals surface area contributed by atoms with Crippen LogP contribution in [-0.2, 0) is 20.3 Å². The number of nitrogens with zero attached hydrogens (tertiary/aromatic N) is 1. The molecule has 0 aliphatic carbocycles. The highest BCUT2D eigenvalue weighted by molar-refractivity contribution is 7.85. The van der Waals surface area contributed by atoms with Crippen LogP contribution in [0.2, 0.25) is 0 Å². The van der Waals surface area contributed by atoms with Crippen molar-refractivity contribution < 1.29 is 28.2 Å². The molecule has 0 fully saturated rings. The number of nitro benzene ring substituents is 1. The fourth-order valence-electron chi connectivity index (χ4n) is 2.29. The molecule has 1 amide bonds. The number of nitrogens with one attached hydrogen (secondary N) is 1. The van der Waals surface area contributed by atoms with Gasteiger partial charge in [-0.3, -0.25) is 19.1 Å². The normalized spacial score (nSPS) is 11.4. The topological polar surface area (TPSA) is 125 Å². The minimum absolute atomic E-state index is 0.0743. The number of carbonyl (C=O) groups excluding carboxylic acids is 2. The Morgan fingerprint density at radius 2 is 1.93 bits per heavy atom. The van der Waals surface area contributed by atoms with Crippen molar-refractivity contribution in [2.75, 3.05) is 24.8 Å². The molecule has 0 aliphatic rings. The zero-order valence-corrected chi connectivity index (χ0v) is 16.0. The molecule has 2 aromatic carbocycles. The molecule has 9 nitrogen and oxygen atoms in total. The first-order valence-corrected chi connectivity index (χ1v) is 9.46. The van der Waals surface area contributed by atoms with Crippen LogP contribution >= 0.6 is 0 Å². The first-order valence-electron chi connectivity index (χ1n) is 8.14. The lowest BCUT2D eigenvalue weighted by molar-refractivity contribution is -0.384. The van der Waals surface area contributed by atoms with Crippen molar-refractivity contribution in [1.29, 1.82) is 0 Å². The Bertz CT molecular complexity index is 930. The number of anilines is 1. The minimum Gasteiger partial charge on any atom is -0.495 e. The molecule has 0 bridgehead atoms.